The van der Waals surface area contributed by atoms with E-state index < -0.39 is 16.0 Å². The lowest BCUT2D eigenvalue weighted by molar-refractivity contribution is -0.139. The third-order valence-corrected chi connectivity index (χ3v) is 6.45. The number of hydrogen-bond acceptors (Lipinski definition) is 7. The number of methoxy groups -OCH3 is 2. The Morgan fingerprint density at radius 1 is 1.21 bits per heavy atom. The van der Waals surface area contributed by atoms with Gasteiger partial charge in [0.15, 0.2) is 0 Å². The molecule has 0 bridgehead atoms. The largest absolute Gasteiger partial charge is 0.497 e. The van der Waals surface area contributed by atoms with Gasteiger partial charge in [-0.05, 0) is 30.3 Å². The molecule has 0 aromatic heterocycles. The van der Waals surface area contributed by atoms with Crippen molar-refractivity contribution in [2.75, 3.05) is 36.1 Å². The first-order chi connectivity index (χ1) is 13.3. The molecule has 0 radical (unpaired) electrons. The number of carbonyl (C=O) groups is 2. The maximum Gasteiger partial charge on any atom is 0.325 e. The first-order valence-corrected chi connectivity index (χ1v) is 10.6. The van der Waals surface area contributed by atoms with E-state index in [9.17, 15) is 18.0 Å². The smallest absolute Gasteiger partial charge is 0.325 e. The van der Waals surface area contributed by atoms with Gasteiger partial charge >= 0.3 is 5.97 Å². The van der Waals surface area contributed by atoms with E-state index in [-0.39, 0.29) is 23.1 Å². The maximum absolute atomic E-state index is 12.8. The van der Waals surface area contributed by atoms with Crippen molar-refractivity contribution in [2.45, 2.75) is 9.79 Å². The van der Waals surface area contributed by atoms with Crippen LogP contribution in [0.25, 0.3) is 0 Å². The first kappa shape index (κ1) is 20.0. The highest BCUT2D eigenvalue weighted by Gasteiger charge is 2.28. The van der Waals surface area contributed by atoms with Crippen molar-refractivity contribution < 1.29 is 27.5 Å². The standard InChI is InChI=1S/C18H18N2O6S2/c1-25-13-5-3-4-12(8-13)19-28(23,24)14-6-7-16-15(9-14)20(10-18(22)26-2)17(21)11-27-16/h3-9,19H,10-11H2,1-2H3. The highest BCUT2D eigenvalue weighted by atomic mass is 32.2. The van der Waals surface area contributed by atoms with Crippen LogP contribution in [-0.4, -0.2) is 46.8 Å². The second kappa shape index (κ2) is 8.11. The molecule has 1 amide bonds. The van der Waals surface area contributed by atoms with E-state index >= 15 is 0 Å². The van der Waals surface area contributed by atoms with E-state index in [0.29, 0.717) is 22.0 Å². The van der Waals surface area contributed by atoms with Crippen LogP contribution in [0.4, 0.5) is 11.4 Å². The second-order valence-corrected chi connectivity index (χ2v) is 8.51. The molecule has 0 aliphatic carbocycles. The summed E-state index contributed by atoms with van der Waals surface area (Å²) in [7, 11) is -1.20. The fourth-order valence-corrected chi connectivity index (χ4v) is 4.60. The molecule has 0 saturated heterocycles. The number of benzene rings is 2. The number of carbonyl (C=O) groups excluding carboxylic acids is 2. The summed E-state index contributed by atoms with van der Waals surface area (Å²) in [6, 6.07) is 11.0. The van der Waals surface area contributed by atoms with Crippen LogP contribution in [0.5, 0.6) is 5.75 Å². The molecule has 28 heavy (non-hydrogen) atoms. The minimum atomic E-state index is -3.92. The zero-order valence-corrected chi connectivity index (χ0v) is 16.8. The average Bonchev–Trinajstić information content (AvgIpc) is 2.69. The lowest BCUT2D eigenvalue weighted by atomic mass is 10.2. The number of fused-ring (bicyclic) bond motifs is 1. The highest BCUT2D eigenvalue weighted by molar-refractivity contribution is 8.00. The summed E-state index contributed by atoms with van der Waals surface area (Å²) in [6.45, 7) is -0.282. The molecule has 148 valence electrons. The Labute approximate surface area is 166 Å². The number of thioether (sulfide) groups is 1. The van der Waals surface area contributed by atoms with Crippen LogP contribution < -0.4 is 14.4 Å². The predicted octanol–water partition coefficient (Wildman–Crippen LogP) is 2.11. The summed E-state index contributed by atoms with van der Waals surface area (Å²) in [5.74, 6) is -0.206. The molecule has 2 aromatic rings. The second-order valence-electron chi connectivity index (χ2n) is 5.81. The van der Waals surface area contributed by atoms with Crippen LogP contribution in [0.2, 0.25) is 0 Å². The predicted molar refractivity (Wildman–Crippen MR) is 105 cm³/mol. The molecule has 0 atom stereocenters. The van der Waals surface area contributed by atoms with Crippen LogP contribution in [0.15, 0.2) is 52.3 Å². The Morgan fingerprint density at radius 3 is 2.71 bits per heavy atom. The molecule has 1 heterocycles. The van der Waals surface area contributed by atoms with Gasteiger partial charge in [0.25, 0.3) is 10.0 Å². The van der Waals surface area contributed by atoms with Crippen LogP contribution in [0.3, 0.4) is 0 Å². The molecule has 0 unspecified atom stereocenters. The third-order valence-electron chi connectivity index (χ3n) is 4.02. The van der Waals surface area contributed by atoms with Gasteiger partial charge in [0, 0.05) is 11.0 Å². The molecule has 1 aliphatic rings. The monoisotopic (exact) mass is 422 g/mol. The van der Waals surface area contributed by atoms with Crippen molar-refractivity contribution in [3.63, 3.8) is 0 Å². The number of hydrogen-bond donors (Lipinski definition) is 1. The number of nitrogens with one attached hydrogen (secondary N) is 1. The quantitative estimate of drug-likeness (QED) is 0.711. The summed E-state index contributed by atoms with van der Waals surface area (Å²) in [6.07, 6.45) is 0. The topological polar surface area (TPSA) is 102 Å². The first-order valence-electron chi connectivity index (χ1n) is 8.15. The zero-order chi connectivity index (χ0) is 20.3. The molecule has 1 aliphatic heterocycles. The number of ether oxygens (including phenoxy) is 2. The Kier molecular flexibility index (Phi) is 5.80. The van der Waals surface area contributed by atoms with E-state index in [0.717, 1.165) is 0 Å². The van der Waals surface area contributed by atoms with Gasteiger partial charge in [-0.15, -0.1) is 11.8 Å². The fourth-order valence-electron chi connectivity index (χ4n) is 2.62. The number of esters is 1. The van der Waals surface area contributed by atoms with Gasteiger partial charge in [-0.1, -0.05) is 6.07 Å². The van der Waals surface area contributed by atoms with E-state index in [1.54, 1.807) is 30.3 Å². The maximum atomic E-state index is 12.8. The molecule has 0 saturated carbocycles. The van der Waals surface area contributed by atoms with Crippen molar-refractivity contribution in [3.05, 3.63) is 42.5 Å². The average molecular weight is 422 g/mol. The number of anilines is 2. The van der Waals surface area contributed by atoms with Crippen LogP contribution in [0.1, 0.15) is 0 Å². The fraction of sp³-hybridized carbons (Fsp3) is 0.222. The highest BCUT2D eigenvalue weighted by Crippen LogP contribution is 2.37. The van der Waals surface area contributed by atoms with Gasteiger partial charge in [0.05, 0.1) is 36.2 Å². The van der Waals surface area contributed by atoms with Gasteiger partial charge < -0.3 is 9.47 Å². The van der Waals surface area contributed by atoms with Gasteiger partial charge in [0.1, 0.15) is 12.3 Å². The van der Waals surface area contributed by atoms with Crippen molar-refractivity contribution in [1.82, 2.24) is 0 Å². The van der Waals surface area contributed by atoms with Crippen LogP contribution in [0, 0.1) is 0 Å². The molecule has 8 nitrogen and oxygen atoms in total. The number of rotatable bonds is 6. The van der Waals surface area contributed by atoms with Gasteiger partial charge in [0.2, 0.25) is 5.91 Å². The molecule has 10 heteroatoms. The molecule has 0 spiro atoms. The van der Waals surface area contributed by atoms with E-state index in [1.807, 2.05) is 0 Å². The Morgan fingerprint density at radius 2 is 2.00 bits per heavy atom. The Bertz CT molecular complexity index is 1020. The normalized spacial score (nSPS) is 13.6. The molecule has 0 fully saturated rings. The van der Waals surface area contributed by atoms with Crippen molar-refractivity contribution in [3.8, 4) is 5.75 Å². The lowest BCUT2D eigenvalue weighted by Crippen LogP contribution is -2.39. The minimum absolute atomic E-state index is 0.0285. The van der Waals surface area contributed by atoms with Crippen molar-refractivity contribution >= 4 is 45.0 Å². The molecule has 3 rings (SSSR count). The van der Waals surface area contributed by atoms with Gasteiger partial charge in [-0.3, -0.25) is 19.2 Å². The van der Waals surface area contributed by atoms with E-state index in [4.69, 9.17) is 4.74 Å². The summed E-state index contributed by atoms with van der Waals surface area (Å²) >= 11 is 1.29. The summed E-state index contributed by atoms with van der Waals surface area (Å²) in [4.78, 5) is 25.8. The van der Waals surface area contributed by atoms with Gasteiger partial charge in [-0.25, -0.2) is 8.42 Å². The molecule has 1 N–H and O–H groups in total. The number of nitrogens with zero attached hydrogens (tertiary/aromatic N) is 1. The van der Waals surface area contributed by atoms with Crippen molar-refractivity contribution in [2.24, 2.45) is 0 Å². The van der Waals surface area contributed by atoms with E-state index in [2.05, 4.69) is 9.46 Å². The molecular formula is C18H18N2O6S2. The number of amides is 1. The number of sulfonamides is 1. The summed E-state index contributed by atoms with van der Waals surface area (Å²) in [5, 5.41) is 0. The van der Waals surface area contributed by atoms with Gasteiger partial charge in [-0.2, -0.15) is 0 Å². The SMILES string of the molecule is COC(=O)CN1C(=O)CSc2ccc(S(=O)(=O)Nc3cccc(OC)c3)cc21. The zero-order valence-electron chi connectivity index (χ0n) is 15.2. The summed E-state index contributed by atoms with van der Waals surface area (Å²) in [5.41, 5.74) is 0.703. The molecular weight excluding hydrogens is 404 g/mol. The van der Waals surface area contributed by atoms with E-state index in [1.165, 1.54) is 43.0 Å². The Balaban J connectivity index is 1.94. The van der Waals surface area contributed by atoms with Crippen LogP contribution in [-0.2, 0) is 24.3 Å². The minimum Gasteiger partial charge on any atom is -0.497 e. The van der Waals surface area contributed by atoms with Crippen LogP contribution >= 0.6 is 11.8 Å². The third kappa shape index (κ3) is 4.23. The lowest BCUT2D eigenvalue weighted by Gasteiger charge is -2.28. The molecule has 2 aromatic carbocycles. The Hall–Kier alpha value is -2.72. The van der Waals surface area contributed by atoms with Crippen molar-refractivity contribution in [1.29, 1.82) is 0 Å². The summed E-state index contributed by atoms with van der Waals surface area (Å²) < 4.78 is 37.8.